The first-order valence-corrected chi connectivity index (χ1v) is 5.86. The third-order valence-electron chi connectivity index (χ3n) is 2.56. The molecule has 0 bridgehead atoms. The average Bonchev–Trinajstić information content (AvgIpc) is 2.26. The van der Waals surface area contributed by atoms with Gasteiger partial charge in [0.05, 0.1) is 6.10 Å². The molecule has 0 amide bonds. The number of unbranched alkanes of at least 4 members (excludes halogenated alkanes) is 3. The molecule has 0 rings (SSSR count). The van der Waals surface area contributed by atoms with Crippen LogP contribution in [0, 0.1) is 5.92 Å². The highest BCUT2D eigenvalue weighted by Crippen LogP contribution is 2.12. The Bertz CT molecular complexity index is 203. The van der Waals surface area contributed by atoms with E-state index in [4.69, 9.17) is 5.11 Å². The zero-order chi connectivity index (χ0) is 12.4. The highest BCUT2D eigenvalue weighted by Gasteiger charge is 2.25. The number of aliphatic hydroxyl groups excluding tert-OH is 2. The van der Waals surface area contributed by atoms with Crippen LogP contribution in [-0.4, -0.2) is 35.0 Å². The number of carbonyl (C=O) groups is 1. The van der Waals surface area contributed by atoms with E-state index in [1.54, 1.807) is 6.29 Å². The molecule has 0 aromatic rings. The van der Waals surface area contributed by atoms with Gasteiger partial charge in [-0.05, 0) is 12.8 Å². The Balaban J connectivity index is 3.95. The second-order valence-electron chi connectivity index (χ2n) is 3.95. The highest BCUT2D eigenvalue weighted by atomic mass is 16.3. The minimum atomic E-state index is -1.10. The molecule has 0 aliphatic rings. The Labute approximate surface area is 96.7 Å². The summed E-state index contributed by atoms with van der Waals surface area (Å²) in [6.07, 6.45) is 4.69. The fourth-order valence-corrected chi connectivity index (χ4v) is 1.54. The zero-order valence-corrected chi connectivity index (χ0v) is 9.82. The molecule has 0 aromatic carbocycles. The van der Waals surface area contributed by atoms with Crippen LogP contribution in [0.5, 0.6) is 0 Å². The van der Waals surface area contributed by atoms with E-state index in [0.717, 1.165) is 25.7 Å². The van der Waals surface area contributed by atoms with Crippen molar-refractivity contribution in [2.45, 2.75) is 51.6 Å². The fourth-order valence-electron chi connectivity index (χ4n) is 1.54. The zero-order valence-electron chi connectivity index (χ0n) is 9.82. The van der Waals surface area contributed by atoms with Crippen molar-refractivity contribution < 1.29 is 19.8 Å². The van der Waals surface area contributed by atoms with Crippen molar-refractivity contribution in [3.8, 4) is 0 Å². The molecule has 4 nitrogen and oxygen atoms in total. The van der Waals surface area contributed by atoms with E-state index in [0.29, 0.717) is 6.42 Å². The maximum absolute atomic E-state index is 11.5. The van der Waals surface area contributed by atoms with Crippen LogP contribution >= 0.6 is 0 Å². The minimum Gasteiger partial charge on any atom is -0.396 e. The summed E-state index contributed by atoms with van der Waals surface area (Å²) >= 11 is 0. The molecule has 16 heavy (non-hydrogen) atoms. The van der Waals surface area contributed by atoms with Gasteiger partial charge in [0, 0.05) is 13.0 Å². The van der Waals surface area contributed by atoms with Gasteiger partial charge in [0.15, 0.2) is 0 Å². The first-order chi connectivity index (χ1) is 7.67. The molecule has 4 heteroatoms. The summed E-state index contributed by atoms with van der Waals surface area (Å²) in [7, 11) is 0. The molecule has 0 aliphatic carbocycles. The number of hydrogen-bond acceptors (Lipinski definition) is 4. The van der Waals surface area contributed by atoms with Crippen molar-refractivity contribution in [2.75, 3.05) is 6.61 Å². The number of rotatable bonds is 10. The lowest BCUT2D eigenvalue weighted by Gasteiger charge is -2.14. The first kappa shape index (κ1) is 15.3. The van der Waals surface area contributed by atoms with Gasteiger partial charge in [-0.25, -0.2) is 0 Å². The molecule has 0 saturated heterocycles. The number of ketones is 1. The molecule has 1 radical (unpaired) electrons. The predicted octanol–water partition coefficient (Wildman–Crippen LogP) is 0.995. The predicted molar refractivity (Wildman–Crippen MR) is 60.7 cm³/mol. The summed E-state index contributed by atoms with van der Waals surface area (Å²) in [5.41, 5.74) is 0. The second kappa shape index (κ2) is 9.48. The van der Waals surface area contributed by atoms with Crippen LogP contribution in [0.4, 0.5) is 0 Å². The van der Waals surface area contributed by atoms with Gasteiger partial charge in [-0.3, -0.25) is 9.59 Å². The van der Waals surface area contributed by atoms with Crippen molar-refractivity contribution in [1.29, 1.82) is 0 Å². The maximum Gasteiger partial charge on any atom is 0.212 e. The van der Waals surface area contributed by atoms with Gasteiger partial charge in [0.25, 0.3) is 0 Å². The van der Waals surface area contributed by atoms with Crippen molar-refractivity contribution in [3.05, 3.63) is 0 Å². The number of Topliss-reactive ketones (excluding diaryl/α,β-unsaturated/α-hetero) is 1. The third kappa shape index (κ3) is 5.98. The third-order valence-corrected chi connectivity index (χ3v) is 2.56. The van der Waals surface area contributed by atoms with E-state index >= 15 is 0 Å². The van der Waals surface area contributed by atoms with Crippen molar-refractivity contribution >= 4 is 12.1 Å². The Kier molecular flexibility index (Phi) is 9.04. The molecule has 93 valence electrons. The molecule has 2 unspecified atom stereocenters. The fraction of sp³-hybridized carbons (Fsp3) is 0.833. The van der Waals surface area contributed by atoms with E-state index < -0.39 is 12.0 Å². The van der Waals surface area contributed by atoms with Gasteiger partial charge in [0.1, 0.15) is 11.7 Å². The summed E-state index contributed by atoms with van der Waals surface area (Å²) < 4.78 is 0. The molecular weight excluding hydrogens is 208 g/mol. The quantitative estimate of drug-likeness (QED) is 0.433. The monoisotopic (exact) mass is 229 g/mol. The van der Waals surface area contributed by atoms with Crippen LogP contribution in [0.15, 0.2) is 0 Å². The molecule has 0 fully saturated rings. The molecule has 0 saturated carbocycles. The van der Waals surface area contributed by atoms with Crippen LogP contribution in [-0.2, 0) is 9.59 Å². The van der Waals surface area contributed by atoms with E-state index in [9.17, 15) is 14.7 Å². The largest absolute Gasteiger partial charge is 0.396 e. The van der Waals surface area contributed by atoms with Crippen molar-refractivity contribution in [2.24, 2.45) is 5.92 Å². The summed E-state index contributed by atoms with van der Waals surface area (Å²) in [6, 6.07) is 0. The van der Waals surface area contributed by atoms with Crippen LogP contribution in [0.2, 0.25) is 0 Å². The number of aliphatic hydroxyl groups is 2. The first-order valence-electron chi connectivity index (χ1n) is 5.86. The summed E-state index contributed by atoms with van der Waals surface area (Å²) in [6.45, 7) is 1.84. The molecule has 2 atom stereocenters. The number of hydrogen-bond donors (Lipinski definition) is 2. The summed E-state index contributed by atoms with van der Waals surface area (Å²) in [5.74, 6) is -1.36. The topological polar surface area (TPSA) is 74.6 Å². The second-order valence-corrected chi connectivity index (χ2v) is 3.95. The highest BCUT2D eigenvalue weighted by molar-refractivity contribution is 5.94. The lowest BCUT2D eigenvalue weighted by atomic mass is 9.93. The van der Waals surface area contributed by atoms with Crippen LogP contribution in [0.25, 0.3) is 0 Å². The van der Waals surface area contributed by atoms with Gasteiger partial charge < -0.3 is 10.2 Å². The van der Waals surface area contributed by atoms with E-state index in [1.807, 2.05) is 0 Å². The Hall–Kier alpha value is -0.740. The van der Waals surface area contributed by atoms with Gasteiger partial charge >= 0.3 is 0 Å². The maximum atomic E-state index is 11.5. The van der Waals surface area contributed by atoms with Gasteiger partial charge in [-0.15, -0.1) is 0 Å². The standard InChI is InChI=1S/C12H21O4/c1-2-3-4-5-6-11(15)10(9-14)12(16)7-8-13/h10,12-13,16H,2-8H2,1H3. The number of carbonyl (C=O) groups excluding carboxylic acids is 2. The van der Waals surface area contributed by atoms with Gasteiger partial charge in [-0.1, -0.05) is 26.2 Å². The van der Waals surface area contributed by atoms with Crippen LogP contribution in [0.1, 0.15) is 45.4 Å². The van der Waals surface area contributed by atoms with E-state index in [-0.39, 0.29) is 18.8 Å². The van der Waals surface area contributed by atoms with Crippen LogP contribution in [0.3, 0.4) is 0 Å². The molecule has 0 aliphatic heterocycles. The Morgan fingerprint density at radius 3 is 2.50 bits per heavy atom. The molecule has 0 spiro atoms. The SMILES string of the molecule is CCCCCCC(=O)C([C]=O)C(O)CCO. The lowest BCUT2D eigenvalue weighted by molar-refractivity contribution is -0.123. The Morgan fingerprint density at radius 2 is 2.00 bits per heavy atom. The molecular formula is C12H21O4. The summed E-state index contributed by atoms with van der Waals surface area (Å²) in [5, 5.41) is 18.0. The minimum absolute atomic E-state index is 0.0423. The summed E-state index contributed by atoms with van der Waals surface area (Å²) in [4.78, 5) is 22.1. The van der Waals surface area contributed by atoms with Crippen LogP contribution < -0.4 is 0 Å². The Morgan fingerprint density at radius 1 is 1.31 bits per heavy atom. The smallest absolute Gasteiger partial charge is 0.212 e. The van der Waals surface area contributed by atoms with Crippen molar-refractivity contribution in [1.82, 2.24) is 0 Å². The molecule has 0 aromatic heterocycles. The molecule has 0 heterocycles. The van der Waals surface area contributed by atoms with E-state index in [2.05, 4.69) is 6.92 Å². The van der Waals surface area contributed by atoms with Crippen molar-refractivity contribution in [3.63, 3.8) is 0 Å². The average molecular weight is 229 g/mol. The molecule has 2 N–H and O–H groups in total. The van der Waals surface area contributed by atoms with E-state index in [1.165, 1.54) is 0 Å². The van der Waals surface area contributed by atoms with Gasteiger partial charge in [-0.2, -0.15) is 0 Å². The lowest BCUT2D eigenvalue weighted by Crippen LogP contribution is -2.30. The normalized spacial score (nSPS) is 14.4. The van der Waals surface area contributed by atoms with Gasteiger partial charge in [0.2, 0.25) is 6.29 Å².